The minimum absolute atomic E-state index is 0.168. The predicted octanol–water partition coefficient (Wildman–Crippen LogP) is 2.81. The van der Waals surface area contributed by atoms with Gasteiger partial charge in [0.15, 0.2) is 11.5 Å². The Bertz CT molecular complexity index is 990. The standard InChI is InChI=1S/C18H14N4O4S/c23-17(13-10-19-4-5-20-13)22-12-3-8-27-16(12)18(24)21-11-1-2-14-15(9-11)26-7-6-25-14/h1-5,8-10H,6-7H2,(H,21,24)(H,22,23). The molecule has 0 saturated carbocycles. The summed E-state index contributed by atoms with van der Waals surface area (Å²) in [5, 5.41) is 7.22. The highest BCUT2D eigenvalue weighted by Gasteiger charge is 2.18. The van der Waals surface area contributed by atoms with Crippen molar-refractivity contribution in [2.24, 2.45) is 0 Å². The van der Waals surface area contributed by atoms with Crippen LogP contribution in [-0.2, 0) is 0 Å². The summed E-state index contributed by atoms with van der Waals surface area (Å²) in [5.74, 6) is 0.458. The van der Waals surface area contributed by atoms with E-state index in [1.807, 2.05) is 0 Å². The molecule has 0 spiro atoms. The third kappa shape index (κ3) is 3.72. The average Bonchev–Trinajstić information content (AvgIpc) is 3.17. The number of aromatic nitrogens is 2. The zero-order valence-corrected chi connectivity index (χ0v) is 14.8. The lowest BCUT2D eigenvalue weighted by atomic mass is 10.2. The van der Waals surface area contributed by atoms with Gasteiger partial charge < -0.3 is 20.1 Å². The van der Waals surface area contributed by atoms with Crippen molar-refractivity contribution in [1.29, 1.82) is 0 Å². The maximum Gasteiger partial charge on any atom is 0.275 e. The average molecular weight is 382 g/mol. The van der Waals surface area contributed by atoms with Gasteiger partial charge in [-0.15, -0.1) is 11.3 Å². The molecule has 1 aromatic carbocycles. The summed E-state index contributed by atoms with van der Waals surface area (Å²) in [7, 11) is 0. The van der Waals surface area contributed by atoms with Crippen molar-refractivity contribution in [2.45, 2.75) is 0 Å². The number of rotatable bonds is 4. The molecule has 2 amide bonds. The third-order valence-corrected chi connectivity index (χ3v) is 4.63. The molecule has 1 aliphatic rings. The zero-order valence-electron chi connectivity index (χ0n) is 14.0. The SMILES string of the molecule is O=C(Nc1ccsc1C(=O)Nc1ccc2c(c1)OCCO2)c1cnccn1. The second kappa shape index (κ2) is 7.42. The van der Waals surface area contributed by atoms with Gasteiger partial charge in [0.25, 0.3) is 11.8 Å². The first-order valence-electron chi connectivity index (χ1n) is 8.06. The molecule has 0 fully saturated rings. The van der Waals surface area contributed by atoms with Gasteiger partial charge in [-0.2, -0.15) is 0 Å². The minimum atomic E-state index is -0.435. The molecule has 27 heavy (non-hydrogen) atoms. The monoisotopic (exact) mass is 382 g/mol. The maximum absolute atomic E-state index is 12.6. The molecule has 2 N–H and O–H groups in total. The van der Waals surface area contributed by atoms with Crippen LogP contribution in [0.2, 0.25) is 0 Å². The van der Waals surface area contributed by atoms with Crippen LogP contribution in [0.3, 0.4) is 0 Å². The topological polar surface area (TPSA) is 102 Å². The lowest BCUT2D eigenvalue weighted by molar-refractivity contribution is 0.102. The van der Waals surface area contributed by atoms with E-state index >= 15 is 0 Å². The number of nitrogens with one attached hydrogen (secondary N) is 2. The van der Waals surface area contributed by atoms with Gasteiger partial charge in [-0.25, -0.2) is 4.98 Å². The third-order valence-electron chi connectivity index (χ3n) is 3.72. The molecule has 9 heteroatoms. The van der Waals surface area contributed by atoms with Crippen LogP contribution in [0, 0.1) is 0 Å². The number of hydrogen-bond acceptors (Lipinski definition) is 7. The van der Waals surface area contributed by atoms with Crippen LogP contribution in [0.1, 0.15) is 20.2 Å². The van der Waals surface area contributed by atoms with Crippen molar-refractivity contribution in [3.63, 3.8) is 0 Å². The molecule has 3 aromatic rings. The van der Waals surface area contributed by atoms with Gasteiger partial charge >= 0.3 is 0 Å². The van der Waals surface area contributed by atoms with E-state index in [1.54, 1.807) is 29.6 Å². The number of thiophene rings is 1. The van der Waals surface area contributed by atoms with Crippen LogP contribution in [0.4, 0.5) is 11.4 Å². The van der Waals surface area contributed by atoms with Crippen molar-refractivity contribution >= 4 is 34.5 Å². The first-order valence-corrected chi connectivity index (χ1v) is 8.94. The Labute approximate surface area is 158 Å². The first kappa shape index (κ1) is 17.0. The molecular weight excluding hydrogens is 368 g/mol. The Hall–Kier alpha value is -3.46. The number of amides is 2. The van der Waals surface area contributed by atoms with E-state index in [2.05, 4.69) is 20.6 Å². The molecular formula is C18H14N4O4S. The van der Waals surface area contributed by atoms with Gasteiger partial charge in [-0.3, -0.25) is 14.6 Å². The number of hydrogen-bond donors (Lipinski definition) is 2. The number of fused-ring (bicyclic) bond motifs is 1. The van der Waals surface area contributed by atoms with Crippen molar-refractivity contribution in [1.82, 2.24) is 9.97 Å². The highest BCUT2D eigenvalue weighted by atomic mass is 32.1. The van der Waals surface area contributed by atoms with Crippen molar-refractivity contribution in [3.05, 3.63) is 58.8 Å². The van der Waals surface area contributed by atoms with Crippen LogP contribution < -0.4 is 20.1 Å². The van der Waals surface area contributed by atoms with Gasteiger partial charge in [-0.1, -0.05) is 0 Å². The molecule has 0 unspecified atom stereocenters. The summed E-state index contributed by atoms with van der Waals surface area (Å²) in [6, 6.07) is 6.85. The van der Waals surface area contributed by atoms with E-state index in [4.69, 9.17) is 9.47 Å². The summed E-state index contributed by atoms with van der Waals surface area (Å²) in [6.07, 6.45) is 4.27. The summed E-state index contributed by atoms with van der Waals surface area (Å²) < 4.78 is 11.0. The lowest BCUT2D eigenvalue weighted by Gasteiger charge is -2.19. The van der Waals surface area contributed by atoms with Gasteiger partial charge in [0.05, 0.1) is 11.9 Å². The van der Waals surface area contributed by atoms with Crippen LogP contribution in [-0.4, -0.2) is 35.0 Å². The molecule has 1 aliphatic heterocycles. The Kier molecular flexibility index (Phi) is 4.67. The van der Waals surface area contributed by atoms with E-state index in [1.165, 1.54) is 29.9 Å². The highest BCUT2D eigenvalue weighted by Crippen LogP contribution is 2.33. The van der Waals surface area contributed by atoms with E-state index in [0.29, 0.717) is 41.0 Å². The fourth-order valence-corrected chi connectivity index (χ4v) is 3.24. The number of carbonyl (C=O) groups is 2. The Morgan fingerprint density at radius 2 is 1.85 bits per heavy atom. The summed E-state index contributed by atoms with van der Waals surface area (Å²) >= 11 is 1.22. The van der Waals surface area contributed by atoms with Crippen molar-refractivity contribution in [2.75, 3.05) is 23.8 Å². The molecule has 0 radical (unpaired) electrons. The number of anilines is 2. The minimum Gasteiger partial charge on any atom is -0.486 e. The molecule has 0 bridgehead atoms. The van der Waals surface area contributed by atoms with E-state index in [0.717, 1.165) is 0 Å². The molecule has 136 valence electrons. The first-order chi connectivity index (χ1) is 13.2. The number of benzene rings is 1. The van der Waals surface area contributed by atoms with Gasteiger partial charge in [-0.05, 0) is 23.6 Å². The zero-order chi connectivity index (χ0) is 18.6. The van der Waals surface area contributed by atoms with Crippen LogP contribution in [0.15, 0.2) is 48.2 Å². The summed E-state index contributed by atoms with van der Waals surface area (Å²) in [6.45, 7) is 0.969. The predicted molar refractivity (Wildman–Crippen MR) is 99.7 cm³/mol. The van der Waals surface area contributed by atoms with Crippen molar-refractivity contribution < 1.29 is 19.1 Å². The smallest absolute Gasteiger partial charge is 0.275 e. The number of nitrogens with zero attached hydrogens (tertiary/aromatic N) is 2. The van der Waals surface area contributed by atoms with Gasteiger partial charge in [0, 0.05) is 24.1 Å². The van der Waals surface area contributed by atoms with Crippen LogP contribution in [0.25, 0.3) is 0 Å². The summed E-state index contributed by atoms with van der Waals surface area (Å²) in [5.41, 5.74) is 1.15. The Morgan fingerprint density at radius 1 is 1.00 bits per heavy atom. The molecule has 0 atom stereocenters. The summed E-state index contributed by atoms with van der Waals surface area (Å²) in [4.78, 5) is 33.0. The number of ether oxygens (including phenoxy) is 2. The quantitative estimate of drug-likeness (QED) is 0.719. The molecule has 4 rings (SSSR count). The van der Waals surface area contributed by atoms with E-state index in [9.17, 15) is 9.59 Å². The Balaban J connectivity index is 1.49. The fraction of sp³-hybridized carbons (Fsp3) is 0.111. The second-order valence-electron chi connectivity index (χ2n) is 5.52. The second-order valence-corrected chi connectivity index (χ2v) is 6.44. The van der Waals surface area contributed by atoms with E-state index < -0.39 is 5.91 Å². The molecule has 2 aromatic heterocycles. The molecule has 0 saturated heterocycles. The molecule has 8 nitrogen and oxygen atoms in total. The molecule has 0 aliphatic carbocycles. The molecule has 3 heterocycles. The van der Waals surface area contributed by atoms with Crippen LogP contribution >= 0.6 is 11.3 Å². The van der Waals surface area contributed by atoms with Crippen molar-refractivity contribution in [3.8, 4) is 11.5 Å². The van der Waals surface area contributed by atoms with Gasteiger partial charge in [0.2, 0.25) is 0 Å². The fourth-order valence-electron chi connectivity index (χ4n) is 2.50. The lowest BCUT2D eigenvalue weighted by Crippen LogP contribution is -2.18. The normalized spacial score (nSPS) is 12.3. The van der Waals surface area contributed by atoms with E-state index in [-0.39, 0.29) is 11.6 Å². The maximum atomic E-state index is 12.6. The largest absolute Gasteiger partial charge is 0.486 e. The van der Waals surface area contributed by atoms with Crippen LogP contribution in [0.5, 0.6) is 11.5 Å². The highest BCUT2D eigenvalue weighted by molar-refractivity contribution is 7.12. The number of carbonyl (C=O) groups excluding carboxylic acids is 2. The Morgan fingerprint density at radius 3 is 2.67 bits per heavy atom. The van der Waals surface area contributed by atoms with Gasteiger partial charge in [0.1, 0.15) is 23.8 Å².